The molecule has 0 unspecified atom stereocenters. The third-order valence-corrected chi connectivity index (χ3v) is 7.01. The van der Waals surface area contributed by atoms with Gasteiger partial charge in [0.25, 0.3) is 5.56 Å². The number of nitrogens with zero attached hydrogens (tertiary/aromatic N) is 4. The average Bonchev–Trinajstić information content (AvgIpc) is 2.86. The van der Waals surface area contributed by atoms with E-state index < -0.39 is 0 Å². The van der Waals surface area contributed by atoms with Crippen molar-refractivity contribution in [2.24, 2.45) is 0 Å². The molecular weight excluding hydrogens is 468 g/mol. The number of piperazine rings is 1. The van der Waals surface area contributed by atoms with E-state index in [2.05, 4.69) is 39.3 Å². The van der Waals surface area contributed by atoms with E-state index >= 15 is 0 Å². The van der Waals surface area contributed by atoms with Crippen molar-refractivity contribution in [3.8, 4) is 22.6 Å². The maximum absolute atomic E-state index is 13.9. The van der Waals surface area contributed by atoms with E-state index in [1.807, 2.05) is 0 Å². The molecule has 1 aliphatic rings. The smallest absolute Gasteiger partial charge is 0.260 e. The van der Waals surface area contributed by atoms with Crippen molar-refractivity contribution < 1.29 is 9.47 Å². The van der Waals surface area contributed by atoms with Gasteiger partial charge in [-0.1, -0.05) is 11.6 Å². The third kappa shape index (κ3) is 5.07. The Morgan fingerprint density at radius 1 is 1.11 bits per heavy atom. The van der Waals surface area contributed by atoms with Gasteiger partial charge in [-0.05, 0) is 32.4 Å². The summed E-state index contributed by atoms with van der Waals surface area (Å²) in [5, 5.41) is 7.53. The Kier molecular flexibility index (Phi) is 7.78. The largest absolute Gasteiger partial charge is 0.497 e. The number of aromatic nitrogens is 3. The molecule has 0 amide bonds. The van der Waals surface area contributed by atoms with Crippen LogP contribution < -0.4 is 25.7 Å². The van der Waals surface area contributed by atoms with Crippen LogP contribution in [0, 0.1) is 0 Å². The van der Waals surface area contributed by atoms with Gasteiger partial charge in [-0.15, -0.1) is 0 Å². The van der Waals surface area contributed by atoms with Crippen LogP contribution in [0.5, 0.6) is 11.5 Å². The predicted molar refractivity (Wildman–Crippen MR) is 140 cm³/mol. The van der Waals surface area contributed by atoms with Crippen LogP contribution in [0.3, 0.4) is 0 Å². The van der Waals surface area contributed by atoms with Gasteiger partial charge in [-0.3, -0.25) is 14.3 Å². The summed E-state index contributed by atoms with van der Waals surface area (Å²) in [6.45, 7) is 7.81. The van der Waals surface area contributed by atoms with Crippen LogP contribution in [-0.2, 0) is 6.54 Å². The van der Waals surface area contributed by atoms with E-state index in [1.54, 1.807) is 43.1 Å². The maximum Gasteiger partial charge on any atom is 0.260 e. The number of aryl methyl sites for hydroxylation is 1. The maximum atomic E-state index is 13.9. The summed E-state index contributed by atoms with van der Waals surface area (Å²) in [6.07, 6.45) is 2.53. The van der Waals surface area contributed by atoms with E-state index in [-0.39, 0.29) is 5.56 Å². The highest BCUT2D eigenvalue weighted by molar-refractivity contribution is 6.35. The summed E-state index contributed by atoms with van der Waals surface area (Å²) in [6, 6.07) is 6.13. The minimum Gasteiger partial charge on any atom is -0.497 e. The number of hydrogen-bond acceptors (Lipinski definition) is 8. The minimum atomic E-state index is -0.170. The molecule has 0 bridgehead atoms. The first-order valence-electron chi connectivity index (χ1n) is 11.8. The van der Waals surface area contributed by atoms with E-state index in [1.165, 1.54) is 7.11 Å². The van der Waals surface area contributed by atoms with E-state index in [0.29, 0.717) is 57.9 Å². The first-order valence-corrected chi connectivity index (χ1v) is 12.2. The van der Waals surface area contributed by atoms with Crippen molar-refractivity contribution >= 4 is 28.6 Å². The van der Waals surface area contributed by atoms with Crippen molar-refractivity contribution in [3.63, 3.8) is 0 Å². The number of rotatable bonds is 8. The SMILES string of the molecule is CNc1ncc2cc(-c3cc(OC)cc(OC)c3Cl)c(=O)n(CCCN3[C@H](C)CNC[C@@H]3C)c2n1. The van der Waals surface area contributed by atoms with Crippen LogP contribution in [0.2, 0.25) is 5.02 Å². The highest BCUT2D eigenvalue weighted by atomic mass is 35.5. The number of halogens is 1. The summed E-state index contributed by atoms with van der Waals surface area (Å²) in [7, 11) is 4.86. The lowest BCUT2D eigenvalue weighted by Crippen LogP contribution is -2.55. The van der Waals surface area contributed by atoms with Gasteiger partial charge in [-0.2, -0.15) is 4.98 Å². The highest BCUT2D eigenvalue weighted by Crippen LogP contribution is 2.38. The normalized spacial score (nSPS) is 18.6. The molecular formula is C25H33ClN6O3. The fraction of sp³-hybridized carbons (Fsp3) is 0.480. The number of fused-ring (bicyclic) bond motifs is 1. The molecule has 0 aliphatic carbocycles. The zero-order valence-corrected chi connectivity index (χ0v) is 21.6. The van der Waals surface area contributed by atoms with Gasteiger partial charge >= 0.3 is 0 Å². The van der Waals surface area contributed by atoms with Crippen molar-refractivity contribution in [3.05, 3.63) is 39.8 Å². The zero-order valence-electron chi connectivity index (χ0n) is 20.9. The molecule has 10 heteroatoms. The lowest BCUT2D eigenvalue weighted by molar-refractivity contribution is 0.114. The summed E-state index contributed by atoms with van der Waals surface area (Å²) >= 11 is 6.65. The van der Waals surface area contributed by atoms with Gasteiger partial charge in [0.05, 0.1) is 19.2 Å². The average molecular weight is 501 g/mol. The molecule has 188 valence electrons. The molecule has 0 radical (unpaired) electrons. The standard InChI is InChI=1S/C25H33ClN6O3/c1-15-12-28-13-16(2)31(15)7-6-8-32-23-17(14-29-25(27-3)30-23)9-20(24(32)33)19-10-18(34-4)11-21(35-5)22(19)26/h9-11,14-16,28H,6-8,12-13H2,1-5H3,(H,27,29,30)/t15-,16+. The van der Waals surface area contributed by atoms with Gasteiger partial charge in [0.15, 0.2) is 0 Å². The number of nitrogens with one attached hydrogen (secondary N) is 2. The van der Waals surface area contributed by atoms with E-state index in [4.69, 9.17) is 21.1 Å². The molecule has 1 fully saturated rings. The summed E-state index contributed by atoms with van der Waals surface area (Å²) < 4.78 is 12.6. The molecule has 4 rings (SSSR count). The number of hydrogen-bond donors (Lipinski definition) is 2. The minimum absolute atomic E-state index is 0.170. The molecule has 0 saturated carbocycles. The van der Waals surface area contributed by atoms with Gasteiger partial charge < -0.3 is 20.1 Å². The van der Waals surface area contributed by atoms with Crippen LogP contribution in [0.25, 0.3) is 22.2 Å². The second-order valence-corrected chi connectivity index (χ2v) is 9.25. The molecule has 9 nitrogen and oxygen atoms in total. The first kappa shape index (κ1) is 25.2. The summed E-state index contributed by atoms with van der Waals surface area (Å²) in [5.74, 6) is 1.45. The lowest BCUT2D eigenvalue weighted by Gasteiger charge is -2.39. The first-order chi connectivity index (χ1) is 16.9. The van der Waals surface area contributed by atoms with Crippen LogP contribution >= 0.6 is 11.6 Å². The molecule has 2 atom stereocenters. The molecule has 0 spiro atoms. The monoisotopic (exact) mass is 500 g/mol. The molecule has 35 heavy (non-hydrogen) atoms. The highest BCUT2D eigenvalue weighted by Gasteiger charge is 2.24. The van der Waals surface area contributed by atoms with Crippen LogP contribution in [0.15, 0.2) is 29.2 Å². The molecule has 1 aliphatic heterocycles. The molecule has 1 saturated heterocycles. The molecule has 2 aromatic heterocycles. The van der Waals surface area contributed by atoms with Gasteiger partial charge in [0, 0.05) is 74.1 Å². The Morgan fingerprint density at radius 3 is 2.51 bits per heavy atom. The third-order valence-electron chi connectivity index (χ3n) is 6.62. The number of benzene rings is 1. The Bertz CT molecular complexity index is 1250. The quantitative estimate of drug-likeness (QED) is 0.487. The zero-order chi connectivity index (χ0) is 25.1. The fourth-order valence-electron chi connectivity index (χ4n) is 4.74. The van der Waals surface area contributed by atoms with Gasteiger partial charge in [0.1, 0.15) is 17.1 Å². The predicted octanol–water partition coefficient (Wildman–Crippen LogP) is 3.24. The second-order valence-electron chi connectivity index (χ2n) is 8.88. The Labute approximate surface area is 210 Å². The topological polar surface area (TPSA) is 93.5 Å². The van der Waals surface area contributed by atoms with Crippen molar-refractivity contribution in [2.45, 2.75) is 38.9 Å². The lowest BCUT2D eigenvalue weighted by atomic mass is 10.0. The van der Waals surface area contributed by atoms with Crippen molar-refractivity contribution in [2.75, 3.05) is 46.2 Å². The molecule has 2 N–H and O–H groups in total. The van der Waals surface area contributed by atoms with Crippen molar-refractivity contribution in [1.29, 1.82) is 0 Å². The second kappa shape index (κ2) is 10.8. The van der Waals surface area contributed by atoms with Crippen LogP contribution in [0.1, 0.15) is 20.3 Å². The van der Waals surface area contributed by atoms with Gasteiger partial charge in [0.2, 0.25) is 5.95 Å². The number of ether oxygens (including phenoxy) is 2. The van der Waals surface area contributed by atoms with E-state index in [0.717, 1.165) is 31.4 Å². The van der Waals surface area contributed by atoms with Crippen molar-refractivity contribution in [1.82, 2.24) is 24.8 Å². The summed E-state index contributed by atoms with van der Waals surface area (Å²) in [4.78, 5) is 25.3. The number of pyridine rings is 1. The summed E-state index contributed by atoms with van der Waals surface area (Å²) in [5.41, 5.74) is 1.41. The molecule has 3 aromatic rings. The Hall–Kier alpha value is -2.88. The number of anilines is 1. The van der Waals surface area contributed by atoms with Gasteiger partial charge in [-0.25, -0.2) is 4.98 Å². The van der Waals surface area contributed by atoms with E-state index in [9.17, 15) is 4.79 Å². The molecule has 1 aromatic carbocycles. The fourth-order valence-corrected chi connectivity index (χ4v) is 5.03. The Morgan fingerprint density at radius 2 is 1.86 bits per heavy atom. The Balaban J connectivity index is 1.79. The van der Waals surface area contributed by atoms with Crippen LogP contribution in [0.4, 0.5) is 5.95 Å². The molecule has 3 heterocycles. The number of methoxy groups -OCH3 is 2. The van der Waals surface area contributed by atoms with Crippen LogP contribution in [-0.4, -0.2) is 72.4 Å².